The van der Waals surface area contributed by atoms with Gasteiger partial charge in [0.15, 0.2) is 16.6 Å². The number of carbonyl (C=O) groups is 1. The van der Waals surface area contributed by atoms with E-state index >= 15 is 0 Å². The van der Waals surface area contributed by atoms with Gasteiger partial charge in [0.05, 0.1) is 12.7 Å². The molecule has 0 bridgehead atoms. The van der Waals surface area contributed by atoms with Gasteiger partial charge < -0.3 is 27.2 Å². The molecule has 2 N–H and O–H groups in total. The second kappa shape index (κ2) is 12.8. The summed E-state index contributed by atoms with van der Waals surface area (Å²) in [4.78, 5) is 13.6. The summed E-state index contributed by atoms with van der Waals surface area (Å²) < 4.78 is 19.4. The molecule has 29 heavy (non-hydrogen) atoms. The van der Waals surface area contributed by atoms with Crippen molar-refractivity contribution in [1.82, 2.24) is 4.90 Å². The average molecular weight is 484 g/mol. The fraction of sp³-hybridized carbons (Fsp3) is 0.833. The van der Waals surface area contributed by atoms with Crippen molar-refractivity contribution < 1.29 is 27.1 Å². The Kier molecular flexibility index (Phi) is 12.8. The third-order valence-electron chi connectivity index (χ3n) is 3.33. The van der Waals surface area contributed by atoms with E-state index < -0.39 is 38.2 Å². The summed E-state index contributed by atoms with van der Waals surface area (Å²) in [6.45, 7) is 20.4. The van der Waals surface area contributed by atoms with Crippen LogP contribution >= 0.6 is 12.0 Å². The molecule has 0 aromatic heterocycles. The summed E-state index contributed by atoms with van der Waals surface area (Å²) in [5, 5.41) is 19.1. The SMILES string of the molecule is C=CC(=O)N(CCC[Si](OSC(C)C)(O[Si](C)(C)C)O[Si](C)(C)C)CC(O)CO. The molecule has 172 valence electrons. The number of carbonyl (C=O) groups excluding carboxylic acids is 1. The van der Waals surface area contributed by atoms with Crippen molar-refractivity contribution >= 4 is 43.4 Å². The smallest absolute Gasteiger partial charge is 0.416 e. The van der Waals surface area contributed by atoms with Crippen molar-refractivity contribution in [3.05, 3.63) is 12.7 Å². The molecule has 0 rings (SSSR count). The standard InChI is InChI=1S/C18H41NO6SSi3/c1-10-18(22)19(14-17(21)15-20)12-11-13-29(23-26-16(2)3,24-27(4,5)6)25-28(7,8)9/h10,16-17,20-21H,1,11-15H2,2-9H3. The summed E-state index contributed by atoms with van der Waals surface area (Å²) in [5.41, 5.74) is 0. The van der Waals surface area contributed by atoms with Crippen molar-refractivity contribution in [2.45, 2.75) is 76.9 Å². The molecule has 0 aliphatic heterocycles. The fourth-order valence-electron chi connectivity index (χ4n) is 2.52. The lowest BCUT2D eigenvalue weighted by Gasteiger charge is -2.39. The van der Waals surface area contributed by atoms with Crippen LogP contribution in [-0.2, 0) is 16.9 Å². The van der Waals surface area contributed by atoms with Crippen LogP contribution in [0.1, 0.15) is 20.3 Å². The molecule has 1 amide bonds. The molecule has 0 aromatic carbocycles. The maximum atomic E-state index is 12.1. The van der Waals surface area contributed by atoms with Gasteiger partial charge in [-0.2, -0.15) is 0 Å². The van der Waals surface area contributed by atoms with Crippen LogP contribution in [-0.4, -0.2) is 77.5 Å². The third-order valence-corrected chi connectivity index (χ3v) is 13.5. The van der Waals surface area contributed by atoms with Gasteiger partial charge in [-0.05, 0) is 63.8 Å². The Morgan fingerprint density at radius 1 is 1.14 bits per heavy atom. The molecule has 0 radical (unpaired) electrons. The molecule has 0 aromatic rings. The number of nitrogens with zero attached hydrogens (tertiary/aromatic N) is 1. The number of hydrogen-bond acceptors (Lipinski definition) is 7. The predicted octanol–water partition coefficient (Wildman–Crippen LogP) is 3.46. The largest absolute Gasteiger partial charge is 0.491 e. The van der Waals surface area contributed by atoms with Crippen LogP contribution in [0.15, 0.2) is 12.7 Å². The molecular formula is C18H41NO6SSi3. The van der Waals surface area contributed by atoms with Crippen LogP contribution in [0.3, 0.4) is 0 Å². The van der Waals surface area contributed by atoms with E-state index in [-0.39, 0.29) is 17.7 Å². The Morgan fingerprint density at radius 2 is 1.66 bits per heavy atom. The van der Waals surface area contributed by atoms with E-state index in [1.54, 1.807) is 0 Å². The maximum absolute atomic E-state index is 12.1. The zero-order chi connectivity index (χ0) is 22.9. The summed E-state index contributed by atoms with van der Waals surface area (Å²) in [7, 11) is -6.88. The van der Waals surface area contributed by atoms with E-state index in [0.717, 1.165) is 0 Å². The molecule has 0 heterocycles. The minimum atomic E-state index is -2.98. The summed E-state index contributed by atoms with van der Waals surface area (Å²) >= 11 is 1.39. The first-order valence-corrected chi connectivity index (χ1v) is 19.6. The van der Waals surface area contributed by atoms with Crippen molar-refractivity contribution in [1.29, 1.82) is 0 Å². The van der Waals surface area contributed by atoms with Crippen molar-refractivity contribution in [2.24, 2.45) is 0 Å². The van der Waals surface area contributed by atoms with Crippen molar-refractivity contribution in [3.8, 4) is 0 Å². The molecule has 7 nitrogen and oxygen atoms in total. The monoisotopic (exact) mass is 483 g/mol. The second-order valence-corrected chi connectivity index (χ2v) is 23.0. The van der Waals surface area contributed by atoms with Crippen LogP contribution in [0, 0.1) is 0 Å². The summed E-state index contributed by atoms with van der Waals surface area (Å²) in [5.74, 6) is -0.278. The van der Waals surface area contributed by atoms with E-state index in [4.69, 9.17) is 17.2 Å². The maximum Gasteiger partial charge on any atom is 0.491 e. The van der Waals surface area contributed by atoms with Gasteiger partial charge in [-0.15, -0.1) is 0 Å². The van der Waals surface area contributed by atoms with Gasteiger partial charge in [-0.1, -0.05) is 20.4 Å². The van der Waals surface area contributed by atoms with Gasteiger partial charge in [0.1, 0.15) is 0 Å². The molecule has 0 spiro atoms. The molecule has 11 heteroatoms. The number of hydrogen-bond donors (Lipinski definition) is 2. The lowest BCUT2D eigenvalue weighted by atomic mass is 10.3. The Bertz CT molecular complexity index is 495. The van der Waals surface area contributed by atoms with Crippen molar-refractivity contribution in [2.75, 3.05) is 19.7 Å². The molecule has 1 atom stereocenters. The predicted molar refractivity (Wildman–Crippen MR) is 128 cm³/mol. The number of amides is 1. The van der Waals surface area contributed by atoms with E-state index in [1.807, 2.05) is 0 Å². The van der Waals surface area contributed by atoms with E-state index in [9.17, 15) is 9.90 Å². The second-order valence-electron chi connectivity index (χ2n) is 9.27. The van der Waals surface area contributed by atoms with Crippen LogP contribution in [0.25, 0.3) is 0 Å². The molecule has 0 saturated carbocycles. The summed E-state index contributed by atoms with van der Waals surface area (Å²) in [6, 6.07) is 0.581. The normalized spacial score (nSPS) is 14.2. The lowest BCUT2D eigenvalue weighted by Crippen LogP contribution is -2.56. The highest BCUT2D eigenvalue weighted by atomic mass is 32.2. The quantitative estimate of drug-likeness (QED) is 0.209. The van der Waals surface area contributed by atoms with E-state index in [0.29, 0.717) is 19.0 Å². The highest BCUT2D eigenvalue weighted by Crippen LogP contribution is 2.31. The minimum Gasteiger partial charge on any atom is -0.416 e. The Balaban J connectivity index is 5.47. The molecule has 0 aliphatic carbocycles. The first kappa shape index (κ1) is 29.0. The van der Waals surface area contributed by atoms with Gasteiger partial charge in [0, 0.05) is 24.4 Å². The van der Waals surface area contributed by atoms with Crippen LogP contribution < -0.4 is 0 Å². The molecule has 0 saturated heterocycles. The first-order chi connectivity index (χ1) is 13.1. The van der Waals surface area contributed by atoms with Crippen LogP contribution in [0.4, 0.5) is 0 Å². The fourth-order valence-corrected chi connectivity index (χ4v) is 14.5. The van der Waals surface area contributed by atoms with E-state index in [1.165, 1.54) is 23.0 Å². The van der Waals surface area contributed by atoms with Gasteiger partial charge in [0.2, 0.25) is 5.91 Å². The molecular weight excluding hydrogens is 443 g/mol. The minimum absolute atomic E-state index is 0.0568. The Hall–Kier alpha value is 0.0106. The average Bonchev–Trinajstić information content (AvgIpc) is 2.55. The lowest BCUT2D eigenvalue weighted by molar-refractivity contribution is -0.127. The topological polar surface area (TPSA) is 88.5 Å². The highest BCUT2D eigenvalue weighted by molar-refractivity contribution is 7.96. The summed E-state index contributed by atoms with van der Waals surface area (Å²) in [6.07, 6.45) is 0.847. The van der Waals surface area contributed by atoms with Gasteiger partial charge in [-0.3, -0.25) is 4.79 Å². The Labute approximate surface area is 184 Å². The van der Waals surface area contributed by atoms with Crippen LogP contribution in [0.2, 0.25) is 45.3 Å². The number of aliphatic hydroxyl groups excluding tert-OH is 2. The highest BCUT2D eigenvalue weighted by Gasteiger charge is 2.48. The zero-order valence-electron chi connectivity index (χ0n) is 19.4. The zero-order valence-corrected chi connectivity index (χ0v) is 23.2. The Morgan fingerprint density at radius 3 is 2.03 bits per heavy atom. The molecule has 1 unspecified atom stereocenters. The van der Waals surface area contributed by atoms with E-state index in [2.05, 4.69) is 59.7 Å². The number of rotatable bonds is 15. The van der Waals surface area contributed by atoms with Gasteiger partial charge >= 0.3 is 8.80 Å². The number of aliphatic hydroxyl groups is 2. The van der Waals surface area contributed by atoms with Gasteiger partial charge in [-0.25, -0.2) is 0 Å². The molecule has 0 fully saturated rings. The van der Waals surface area contributed by atoms with Crippen LogP contribution in [0.5, 0.6) is 0 Å². The van der Waals surface area contributed by atoms with Crippen molar-refractivity contribution in [3.63, 3.8) is 0 Å². The third kappa shape index (κ3) is 13.8. The van der Waals surface area contributed by atoms with Gasteiger partial charge in [0.25, 0.3) is 0 Å². The molecule has 0 aliphatic rings. The first-order valence-electron chi connectivity index (χ1n) is 10.1.